The number of ether oxygens (including phenoxy) is 2. The lowest BCUT2D eigenvalue weighted by Crippen LogP contribution is -2.44. The van der Waals surface area contributed by atoms with E-state index < -0.39 is 6.10 Å². The Morgan fingerprint density at radius 3 is 1.52 bits per heavy atom. The molecular weight excluding hydrogens is 785 g/mol. The van der Waals surface area contributed by atoms with Gasteiger partial charge in [-0.1, -0.05) is 189 Å². The van der Waals surface area contributed by atoms with Gasteiger partial charge in [-0.15, -0.1) is 0 Å². The summed E-state index contributed by atoms with van der Waals surface area (Å²) >= 11 is 0. The number of nitrogens with zero attached hydrogens (tertiary/aromatic N) is 1. The molecule has 0 saturated carbocycles. The number of esters is 2. The van der Waals surface area contributed by atoms with E-state index in [2.05, 4.69) is 44.8 Å². The molecule has 0 radical (unpaired) electrons. The predicted molar refractivity (Wildman–Crippen MR) is 266 cm³/mol. The number of carbonyl (C=O) groups excluding carboxylic acids is 3. The predicted octanol–water partition coefficient (Wildman–Crippen LogP) is 14.7. The fraction of sp³-hybridized carbons (Fsp3) is 0.909. The van der Waals surface area contributed by atoms with Crippen LogP contribution in [0.15, 0.2) is 11.3 Å². The van der Waals surface area contributed by atoms with E-state index in [1.54, 1.807) is 0 Å². The zero-order chi connectivity index (χ0) is 46.0. The molecule has 0 aromatic rings. The van der Waals surface area contributed by atoms with Crippen molar-refractivity contribution in [1.82, 2.24) is 10.2 Å². The standard InChI is InChI=1S/C55H104N2O6/c1-6-10-13-16-19-28-35-46-62-51(58)40-31-24-20-26-33-43-57(45-36-42-56-53-50(54(60)55(53)61)47-48(5)37-9-4)44-34-27-21-25-32-41-52(59)63-49(38-29-22-17-14-11-7-2)39-30-23-18-15-12-8-3/h48-49,55-56,61H,6-47H2,1-5H3. The molecule has 1 aliphatic rings. The zero-order valence-electron chi connectivity index (χ0n) is 42.4. The fourth-order valence-corrected chi connectivity index (χ4v) is 9.13. The molecule has 2 unspecified atom stereocenters. The first-order valence-corrected chi connectivity index (χ1v) is 27.5. The van der Waals surface area contributed by atoms with Crippen LogP contribution in [0.2, 0.25) is 0 Å². The van der Waals surface area contributed by atoms with Crippen molar-refractivity contribution in [3.05, 3.63) is 11.3 Å². The number of Topliss-reactive ketones (excluding diaryl/α,β-unsaturated/α-hetero) is 1. The maximum absolute atomic E-state index is 12.9. The monoisotopic (exact) mass is 889 g/mol. The van der Waals surface area contributed by atoms with Gasteiger partial charge in [0.25, 0.3) is 0 Å². The molecule has 1 rings (SSSR count). The van der Waals surface area contributed by atoms with Crippen LogP contribution in [0.3, 0.4) is 0 Å². The van der Waals surface area contributed by atoms with E-state index in [1.165, 1.54) is 109 Å². The summed E-state index contributed by atoms with van der Waals surface area (Å²) in [5.74, 6) is 0.315. The van der Waals surface area contributed by atoms with E-state index in [-0.39, 0.29) is 23.8 Å². The molecule has 370 valence electrons. The largest absolute Gasteiger partial charge is 0.466 e. The number of aliphatic hydroxyl groups is 1. The van der Waals surface area contributed by atoms with Crippen LogP contribution in [-0.4, -0.2) is 72.7 Å². The minimum Gasteiger partial charge on any atom is -0.466 e. The maximum Gasteiger partial charge on any atom is 0.306 e. The average Bonchev–Trinajstić information content (AvgIpc) is 3.27. The number of rotatable bonds is 48. The van der Waals surface area contributed by atoms with Gasteiger partial charge >= 0.3 is 11.9 Å². The number of hydrogen-bond donors (Lipinski definition) is 2. The highest BCUT2D eigenvalue weighted by Gasteiger charge is 2.37. The molecule has 0 aromatic carbocycles. The number of hydrogen-bond acceptors (Lipinski definition) is 8. The third kappa shape index (κ3) is 33.2. The zero-order valence-corrected chi connectivity index (χ0v) is 42.4. The number of unbranched alkanes of at least 4 members (excludes halogenated alkanes) is 24. The highest BCUT2D eigenvalue weighted by atomic mass is 16.5. The molecule has 63 heavy (non-hydrogen) atoms. The minimum atomic E-state index is -0.976. The first kappa shape index (κ1) is 59.1. The van der Waals surface area contributed by atoms with Crippen LogP contribution in [0.4, 0.5) is 0 Å². The maximum atomic E-state index is 12.9. The summed E-state index contributed by atoms with van der Waals surface area (Å²) in [6, 6.07) is 0. The van der Waals surface area contributed by atoms with E-state index in [4.69, 9.17) is 9.47 Å². The van der Waals surface area contributed by atoms with E-state index in [0.29, 0.717) is 25.4 Å². The molecular formula is C55H104N2O6. The van der Waals surface area contributed by atoms with Crippen molar-refractivity contribution in [2.24, 2.45) is 5.92 Å². The Balaban J connectivity index is 2.46. The quantitative estimate of drug-likeness (QED) is 0.0460. The van der Waals surface area contributed by atoms with Gasteiger partial charge in [0.1, 0.15) is 6.10 Å². The molecule has 0 fully saturated rings. The number of aliphatic hydroxyl groups excluding tert-OH is 1. The third-order valence-electron chi connectivity index (χ3n) is 13.2. The molecule has 0 aromatic heterocycles. The summed E-state index contributed by atoms with van der Waals surface area (Å²) in [4.78, 5) is 40.1. The summed E-state index contributed by atoms with van der Waals surface area (Å²) in [7, 11) is 0. The van der Waals surface area contributed by atoms with Gasteiger partial charge in [-0.25, -0.2) is 0 Å². The molecule has 2 atom stereocenters. The second-order valence-corrected chi connectivity index (χ2v) is 19.5. The van der Waals surface area contributed by atoms with E-state index in [9.17, 15) is 19.5 Å². The first-order chi connectivity index (χ1) is 30.8. The smallest absolute Gasteiger partial charge is 0.306 e. The topological polar surface area (TPSA) is 105 Å². The first-order valence-electron chi connectivity index (χ1n) is 27.5. The summed E-state index contributed by atoms with van der Waals surface area (Å²) in [5.41, 5.74) is 1.56. The van der Waals surface area contributed by atoms with Gasteiger partial charge in [0.15, 0.2) is 11.9 Å². The van der Waals surface area contributed by atoms with Crippen molar-refractivity contribution in [3.8, 4) is 0 Å². The van der Waals surface area contributed by atoms with Crippen molar-refractivity contribution >= 4 is 17.7 Å². The Labute approximate surface area is 390 Å². The summed E-state index contributed by atoms with van der Waals surface area (Å²) in [6.45, 7) is 15.6. The van der Waals surface area contributed by atoms with Gasteiger partial charge in [0.05, 0.1) is 12.3 Å². The summed E-state index contributed by atoms with van der Waals surface area (Å²) in [6.07, 6.45) is 40.9. The molecule has 2 N–H and O–H groups in total. The Hall–Kier alpha value is -1.93. The van der Waals surface area contributed by atoms with Crippen LogP contribution in [-0.2, 0) is 23.9 Å². The lowest BCUT2D eigenvalue weighted by atomic mass is 9.82. The Morgan fingerprint density at radius 2 is 1.00 bits per heavy atom. The van der Waals surface area contributed by atoms with Gasteiger partial charge in [-0.2, -0.15) is 0 Å². The third-order valence-corrected chi connectivity index (χ3v) is 13.2. The van der Waals surface area contributed by atoms with Crippen LogP contribution in [0, 0.1) is 5.92 Å². The second kappa shape index (κ2) is 42.7. The summed E-state index contributed by atoms with van der Waals surface area (Å²) < 4.78 is 11.6. The van der Waals surface area contributed by atoms with E-state index >= 15 is 0 Å². The van der Waals surface area contributed by atoms with Crippen LogP contribution in [0.1, 0.15) is 272 Å². The molecule has 0 heterocycles. The fourth-order valence-electron chi connectivity index (χ4n) is 9.13. The van der Waals surface area contributed by atoms with Gasteiger partial charge in [-0.05, 0) is 96.2 Å². The van der Waals surface area contributed by atoms with Gasteiger partial charge in [0.2, 0.25) is 0 Å². The van der Waals surface area contributed by atoms with Gasteiger partial charge < -0.3 is 24.8 Å². The van der Waals surface area contributed by atoms with E-state index in [0.717, 1.165) is 153 Å². The lowest BCUT2D eigenvalue weighted by molar-refractivity contribution is -0.150. The van der Waals surface area contributed by atoms with Crippen molar-refractivity contribution in [1.29, 1.82) is 0 Å². The molecule has 1 aliphatic carbocycles. The number of nitrogens with one attached hydrogen (secondary N) is 1. The SMILES string of the molecule is CCCCCCCCCOC(=O)CCCCCCCN(CCCCCCCC(=O)OC(CCCCCCCC)CCCCCCCC)CCCNC1=C(CC(C)CCC)C(=O)C1O. The lowest BCUT2D eigenvalue weighted by Gasteiger charge is -2.31. The van der Waals surface area contributed by atoms with Gasteiger partial charge in [-0.3, -0.25) is 14.4 Å². The normalized spacial score (nSPS) is 14.5. The average molecular weight is 889 g/mol. The van der Waals surface area contributed by atoms with Crippen LogP contribution < -0.4 is 5.32 Å². The van der Waals surface area contributed by atoms with Crippen molar-refractivity contribution < 1.29 is 29.0 Å². The van der Waals surface area contributed by atoms with Crippen molar-refractivity contribution in [2.75, 3.05) is 32.8 Å². The molecule has 0 spiro atoms. The van der Waals surface area contributed by atoms with Crippen LogP contribution >= 0.6 is 0 Å². The Bertz CT molecular complexity index is 1110. The summed E-state index contributed by atoms with van der Waals surface area (Å²) in [5, 5.41) is 13.8. The van der Waals surface area contributed by atoms with Crippen molar-refractivity contribution in [2.45, 2.75) is 284 Å². The number of carbonyl (C=O) groups is 3. The molecule has 0 amide bonds. The molecule has 8 nitrogen and oxygen atoms in total. The molecule has 0 bridgehead atoms. The van der Waals surface area contributed by atoms with E-state index in [1.807, 2.05) is 0 Å². The molecule has 8 heteroatoms. The number of ketones is 1. The van der Waals surface area contributed by atoms with Crippen LogP contribution in [0.25, 0.3) is 0 Å². The van der Waals surface area contributed by atoms with Crippen LogP contribution in [0.5, 0.6) is 0 Å². The Morgan fingerprint density at radius 1 is 0.556 bits per heavy atom. The highest BCUT2D eigenvalue weighted by Crippen LogP contribution is 2.30. The van der Waals surface area contributed by atoms with Crippen molar-refractivity contribution in [3.63, 3.8) is 0 Å². The molecule has 0 aliphatic heterocycles. The molecule has 0 saturated heterocycles. The highest BCUT2D eigenvalue weighted by molar-refractivity contribution is 6.08. The van der Waals surface area contributed by atoms with Gasteiger partial charge in [0, 0.05) is 25.0 Å². The second-order valence-electron chi connectivity index (χ2n) is 19.5. The Kier molecular flexibility index (Phi) is 40.0. The minimum absolute atomic E-state index is 0.00706.